The molecule has 3 aliphatic rings. The highest BCUT2D eigenvalue weighted by molar-refractivity contribution is 5.82. The molecule has 3 rings (SSSR count). The highest BCUT2D eigenvalue weighted by atomic mass is 16.5. The monoisotopic (exact) mass is 197 g/mol. The van der Waals surface area contributed by atoms with Crippen LogP contribution in [0.2, 0.25) is 0 Å². The Balaban J connectivity index is 1.82. The van der Waals surface area contributed by atoms with Crippen LogP contribution in [0.25, 0.3) is 0 Å². The summed E-state index contributed by atoms with van der Waals surface area (Å²) in [7, 11) is 0. The summed E-state index contributed by atoms with van der Waals surface area (Å²) in [5.41, 5.74) is 0. The number of ether oxygens (including phenoxy) is 2. The molecule has 0 aromatic rings. The van der Waals surface area contributed by atoms with E-state index in [1.807, 2.05) is 0 Å². The largest absolute Gasteiger partial charge is 0.377 e. The van der Waals surface area contributed by atoms with Crippen molar-refractivity contribution in [1.82, 2.24) is 10.2 Å². The Bertz CT molecular complexity index is 234. The van der Waals surface area contributed by atoms with Gasteiger partial charge >= 0.3 is 0 Å². The fourth-order valence-electron chi connectivity index (χ4n) is 2.30. The Morgan fingerprint density at radius 1 is 1.14 bits per heavy atom. The predicted molar refractivity (Wildman–Crippen MR) is 51.4 cm³/mol. The number of aliphatic imine (C=N–C) groups is 1. The molecule has 0 aromatic heterocycles. The maximum atomic E-state index is 5.52. The van der Waals surface area contributed by atoms with Gasteiger partial charge in [0.05, 0.1) is 45.1 Å². The highest BCUT2D eigenvalue weighted by Gasteiger charge is 2.37. The zero-order chi connectivity index (χ0) is 9.38. The molecule has 2 saturated heterocycles. The lowest BCUT2D eigenvalue weighted by molar-refractivity contribution is -0.109. The topological polar surface area (TPSA) is 46.1 Å². The van der Waals surface area contributed by atoms with Crippen molar-refractivity contribution in [3.63, 3.8) is 0 Å². The molecule has 0 aliphatic carbocycles. The van der Waals surface area contributed by atoms with Gasteiger partial charge in [0.2, 0.25) is 0 Å². The molecular formula is C9H15N3O2. The smallest absolute Gasteiger partial charge is 0.194 e. The van der Waals surface area contributed by atoms with Crippen molar-refractivity contribution < 1.29 is 9.47 Å². The molecule has 0 saturated carbocycles. The van der Waals surface area contributed by atoms with Gasteiger partial charge in [0.1, 0.15) is 0 Å². The molecule has 0 spiro atoms. The average molecular weight is 197 g/mol. The third kappa shape index (κ3) is 1.27. The van der Waals surface area contributed by atoms with Gasteiger partial charge in [-0.05, 0) is 0 Å². The van der Waals surface area contributed by atoms with E-state index in [-0.39, 0.29) is 0 Å². The lowest BCUT2D eigenvalue weighted by atomic mass is 10.1. The van der Waals surface area contributed by atoms with Crippen LogP contribution in [0.3, 0.4) is 0 Å². The van der Waals surface area contributed by atoms with E-state index in [2.05, 4.69) is 15.2 Å². The van der Waals surface area contributed by atoms with Crippen LogP contribution in [0.15, 0.2) is 4.99 Å². The second-order valence-electron chi connectivity index (χ2n) is 3.92. The van der Waals surface area contributed by atoms with Gasteiger partial charge in [-0.1, -0.05) is 0 Å². The number of guanidine groups is 1. The number of fused-ring (bicyclic) bond motifs is 2. The van der Waals surface area contributed by atoms with Crippen LogP contribution in [0.5, 0.6) is 0 Å². The summed E-state index contributed by atoms with van der Waals surface area (Å²) < 4.78 is 11.0. The van der Waals surface area contributed by atoms with Crippen molar-refractivity contribution in [2.45, 2.75) is 12.1 Å². The van der Waals surface area contributed by atoms with Crippen LogP contribution in [0, 0.1) is 0 Å². The number of hydrogen-bond acceptors (Lipinski definition) is 5. The Morgan fingerprint density at radius 3 is 2.29 bits per heavy atom. The van der Waals surface area contributed by atoms with Crippen LogP contribution in [0.1, 0.15) is 0 Å². The Labute approximate surface area is 83.1 Å². The lowest BCUT2D eigenvalue weighted by Crippen LogP contribution is -2.63. The van der Waals surface area contributed by atoms with Crippen LogP contribution >= 0.6 is 0 Å². The summed E-state index contributed by atoms with van der Waals surface area (Å²) in [6, 6.07) is 0.707. The van der Waals surface area contributed by atoms with Crippen LogP contribution in [-0.2, 0) is 9.47 Å². The van der Waals surface area contributed by atoms with E-state index >= 15 is 0 Å². The molecule has 3 heterocycles. The molecule has 0 atom stereocenters. The van der Waals surface area contributed by atoms with Crippen molar-refractivity contribution in [3.8, 4) is 0 Å². The van der Waals surface area contributed by atoms with Gasteiger partial charge in [0, 0.05) is 6.54 Å². The van der Waals surface area contributed by atoms with Gasteiger partial charge in [0.25, 0.3) is 0 Å². The molecule has 0 aromatic carbocycles. The molecule has 5 heteroatoms. The molecule has 0 radical (unpaired) electrons. The first-order chi connectivity index (χ1) is 6.95. The summed E-state index contributed by atoms with van der Waals surface area (Å²) >= 11 is 0. The third-order valence-electron chi connectivity index (χ3n) is 2.93. The zero-order valence-corrected chi connectivity index (χ0v) is 8.11. The summed E-state index contributed by atoms with van der Waals surface area (Å²) in [5.74, 6) is 1.05. The molecule has 78 valence electrons. The summed E-state index contributed by atoms with van der Waals surface area (Å²) in [5, 5.41) is 3.32. The third-order valence-corrected chi connectivity index (χ3v) is 2.93. The standard InChI is InChI=1S/C9H15N3O2/c1-2-11-9(10-1)12-7-3-13-5-8(12)6-14-4-7/h7-8H,1-6H2,(H,10,11). The molecular weight excluding hydrogens is 182 g/mol. The van der Waals surface area contributed by atoms with Gasteiger partial charge in [-0.2, -0.15) is 0 Å². The first-order valence-electron chi connectivity index (χ1n) is 5.17. The number of hydrogen-bond donors (Lipinski definition) is 1. The van der Waals surface area contributed by atoms with E-state index in [1.165, 1.54) is 0 Å². The van der Waals surface area contributed by atoms with Gasteiger partial charge in [0.15, 0.2) is 5.96 Å². The maximum Gasteiger partial charge on any atom is 0.194 e. The fraction of sp³-hybridized carbons (Fsp3) is 0.889. The molecule has 2 bridgehead atoms. The van der Waals surface area contributed by atoms with Gasteiger partial charge in [-0.25, -0.2) is 0 Å². The normalized spacial score (nSPS) is 36.6. The van der Waals surface area contributed by atoms with E-state index in [0.29, 0.717) is 12.1 Å². The van der Waals surface area contributed by atoms with Crippen molar-refractivity contribution >= 4 is 5.96 Å². The first-order valence-corrected chi connectivity index (χ1v) is 5.17. The average Bonchev–Trinajstić information content (AvgIpc) is 2.69. The number of morpholine rings is 2. The van der Waals surface area contributed by atoms with Gasteiger partial charge in [-0.15, -0.1) is 0 Å². The van der Waals surface area contributed by atoms with E-state index < -0.39 is 0 Å². The summed E-state index contributed by atoms with van der Waals surface area (Å²) in [4.78, 5) is 6.81. The lowest BCUT2D eigenvalue weighted by Gasteiger charge is -2.46. The fourth-order valence-corrected chi connectivity index (χ4v) is 2.30. The number of nitrogens with one attached hydrogen (secondary N) is 1. The minimum atomic E-state index is 0.354. The van der Waals surface area contributed by atoms with E-state index in [1.54, 1.807) is 0 Å². The van der Waals surface area contributed by atoms with Gasteiger partial charge < -0.3 is 19.7 Å². The Kier molecular flexibility index (Phi) is 2.06. The van der Waals surface area contributed by atoms with Crippen molar-refractivity contribution in [2.24, 2.45) is 4.99 Å². The minimum absolute atomic E-state index is 0.354. The first kappa shape index (κ1) is 8.49. The molecule has 0 amide bonds. The summed E-state index contributed by atoms with van der Waals surface area (Å²) in [6.07, 6.45) is 0. The van der Waals surface area contributed by atoms with Crippen LogP contribution in [-0.4, -0.2) is 62.5 Å². The van der Waals surface area contributed by atoms with E-state index in [4.69, 9.17) is 9.47 Å². The summed E-state index contributed by atoms with van der Waals surface area (Å²) in [6.45, 7) is 4.91. The molecule has 1 N–H and O–H groups in total. The Hall–Kier alpha value is -0.810. The van der Waals surface area contributed by atoms with Crippen molar-refractivity contribution in [1.29, 1.82) is 0 Å². The highest BCUT2D eigenvalue weighted by Crippen LogP contribution is 2.19. The molecule has 3 aliphatic heterocycles. The van der Waals surface area contributed by atoms with E-state index in [9.17, 15) is 0 Å². The molecule has 5 nitrogen and oxygen atoms in total. The van der Waals surface area contributed by atoms with Crippen molar-refractivity contribution in [3.05, 3.63) is 0 Å². The second-order valence-corrected chi connectivity index (χ2v) is 3.92. The van der Waals surface area contributed by atoms with Gasteiger partial charge in [-0.3, -0.25) is 4.99 Å². The van der Waals surface area contributed by atoms with Crippen LogP contribution in [0.4, 0.5) is 0 Å². The molecule has 2 fully saturated rings. The Morgan fingerprint density at radius 2 is 1.79 bits per heavy atom. The quantitative estimate of drug-likeness (QED) is 0.543. The predicted octanol–water partition coefficient (Wildman–Crippen LogP) is -0.955. The van der Waals surface area contributed by atoms with E-state index in [0.717, 1.165) is 45.5 Å². The number of rotatable bonds is 0. The van der Waals surface area contributed by atoms with Crippen molar-refractivity contribution in [2.75, 3.05) is 39.5 Å². The molecule has 0 unspecified atom stereocenters. The molecule has 14 heavy (non-hydrogen) atoms. The maximum absolute atomic E-state index is 5.52. The SMILES string of the molecule is C1CNC(N2C3COCC2COC3)=N1. The zero-order valence-electron chi connectivity index (χ0n) is 8.11. The van der Waals surface area contributed by atoms with Crippen LogP contribution < -0.4 is 5.32 Å². The minimum Gasteiger partial charge on any atom is -0.377 e. The number of nitrogens with zero attached hydrogens (tertiary/aromatic N) is 2. The second kappa shape index (κ2) is 3.40.